The van der Waals surface area contributed by atoms with Gasteiger partial charge in [0.25, 0.3) is 0 Å². The molecule has 0 aliphatic rings. The molecule has 33 heavy (non-hydrogen) atoms. The van der Waals surface area contributed by atoms with E-state index in [1.54, 1.807) is 44.2 Å². The van der Waals surface area contributed by atoms with Crippen molar-refractivity contribution < 1.29 is 23.4 Å². The summed E-state index contributed by atoms with van der Waals surface area (Å²) in [6.07, 6.45) is 1.97. The van der Waals surface area contributed by atoms with Crippen molar-refractivity contribution in [1.29, 1.82) is 0 Å². The van der Waals surface area contributed by atoms with Crippen molar-refractivity contribution in [1.82, 2.24) is 9.97 Å². The van der Waals surface area contributed by atoms with E-state index in [4.69, 9.17) is 37.4 Å². The molecule has 6 nitrogen and oxygen atoms in total. The summed E-state index contributed by atoms with van der Waals surface area (Å²) >= 11 is 12.4. The fraction of sp³-hybridized carbons (Fsp3) is 0.292. The Kier molecular flexibility index (Phi) is 7.76. The number of rotatable bonds is 8. The number of esters is 1. The zero-order chi connectivity index (χ0) is 24.2. The van der Waals surface area contributed by atoms with E-state index in [0.717, 1.165) is 0 Å². The van der Waals surface area contributed by atoms with Gasteiger partial charge in [0.05, 0.1) is 23.5 Å². The fourth-order valence-corrected chi connectivity index (χ4v) is 3.58. The number of halogens is 3. The Labute approximate surface area is 201 Å². The highest BCUT2D eigenvalue weighted by Crippen LogP contribution is 2.33. The van der Waals surface area contributed by atoms with Crippen LogP contribution in [0.25, 0.3) is 11.3 Å². The number of hydrogen-bond acceptors (Lipinski definition) is 6. The van der Waals surface area contributed by atoms with Crippen LogP contribution < -0.4 is 9.47 Å². The quantitative estimate of drug-likeness (QED) is 0.355. The second-order valence-electron chi connectivity index (χ2n) is 7.62. The Morgan fingerprint density at radius 3 is 2.55 bits per heavy atom. The maximum absolute atomic E-state index is 14.9. The Balaban J connectivity index is 1.81. The predicted molar refractivity (Wildman–Crippen MR) is 124 cm³/mol. The summed E-state index contributed by atoms with van der Waals surface area (Å²) in [6, 6.07) is 9.40. The number of ether oxygens (including phenoxy) is 3. The minimum absolute atomic E-state index is 0.0524. The summed E-state index contributed by atoms with van der Waals surface area (Å²) in [7, 11) is 1.28. The molecule has 0 atom stereocenters. The Hall–Kier alpha value is -2.90. The van der Waals surface area contributed by atoms with Crippen molar-refractivity contribution in [3.05, 3.63) is 69.8 Å². The van der Waals surface area contributed by atoms with Crippen molar-refractivity contribution in [2.75, 3.05) is 7.11 Å². The van der Waals surface area contributed by atoms with Gasteiger partial charge in [0.15, 0.2) is 5.60 Å². The number of hydrogen-bond donors (Lipinski definition) is 0. The summed E-state index contributed by atoms with van der Waals surface area (Å²) in [4.78, 5) is 20.2. The molecule has 0 saturated heterocycles. The lowest BCUT2D eigenvalue weighted by Crippen LogP contribution is -2.39. The number of carbonyl (C=O) groups is 1. The largest absolute Gasteiger partial charge is 0.489 e. The highest BCUT2D eigenvalue weighted by Gasteiger charge is 2.32. The fourth-order valence-electron chi connectivity index (χ4n) is 3.08. The molecule has 0 spiro atoms. The van der Waals surface area contributed by atoms with E-state index in [-0.39, 0.29) is 12.2 Å². The predicted octanol–water partition coefficient (Wildman–Crippen LogP) is 6.06. The topological polar surface area (TPSA) is 70.5 Å². The third kappa shape index (κ3) is 5.72. The van der Waals surface area contributed by atoms with Crippen LogP contribution in [0.4, 0.5) is 4.39 Å². The van der Waals surface area contributed by atoms with Gasteiger partial charge in [-0.05, 0) is 44.5 Å². The van der Waals surface area contributed by atoms with Crippen LogP contribution in [0.5, 0.6) is 11.5 Å². The summed E-state index contributed by atoms with van der Waals surface area (Å²) in [5.74, 6) is -0.420. The first kappa shape index (κ1) is 24.7. The van der Waals surface area contributed by atoms with E-state index in [0.29, 0.717) is 44.9 Å². The van der Waals surface area contributed by atoms with Crippen LogP contribution in [0.2, 0.25) is 10.0 Å². The van der Waals surface area contributed by atoms with Gasteiger partial charge in [0, 0.05) is 22.2 Å². The van der Waals surface area contributed by atoms with Crippen LogP contribution in [0.3, 0.4) is 0 Å². The molecule has 0 aliphatic heterocycles. The second-order valence-corrected chi connectivity index (χ2v) is 8.44. The average Bonchev–Trinajstić information content (AvgIpc) is 2.78. The summed E-state index contributed by atoms with van der Waals surface area (Å²) in [6.45, 7) is 5.13. The van der Waals surface area contributed by atoms with Crippen molar-refractivity contribution in [3.8, 4) is 22.8 Å². The molecule has 0 unspecified atom stereocenters. The number of aromatic nitrogens is 2. The SMILES string of the molecule is CCc1ncnc(-c2ccc(OCc3ccc(Cl)cc3OC(C)(C)C(=O)OC)cc2F)c1Cl. The smallest absolute Gasteiger partial charge is 0.349 e. The molecule has 0 fully saturated rings. The molecule has 1 heterocycles. The molecule has 3 rings (SSSR count). The van der Waals surface area contributed by atoms with Gasteiger partial charge in [-0.3, -0.25) is 0 Å². The van der Waals surface area contributed by atoms with Crippen LogP contribution in [0.15, 0.2) is 42.7 Å². The first-order valence-corrected chi connectivity index (χ1v) is 10.9. The van der Waals surface area contributed by atoms with E-state index in [9.17, 15) is 9.18 Å². The normalized spacial score (nSPS) is 11.2. The molecule has 0 N–H and O–H groups in total. The van der Waals surface area contributed by atoms with Crippen LogP contribution >= 0.6 is 23.2 Å². The van der Waals surface area contributed by atoms with Crippen LogP contribution in [-0.4, -0.2) is 28.6 Å². The highest BCUT2D eigenvalue weighted by atomic mass is 35.5. The summed E-state index contributed by atoms with van der Waals surface area (Å²) in [5, 5.41) is 0.752. The van der Waals surface area contributed by atoms with E-state index in [2.05, 4.69) is 9.97 Å². The van der Waals surface area contributed by atoms with E-state index < -0.39 is 17.4 Å². The zero-order valence-electron chi connectivity index (χ0n) is 18.6. The van der Waals surface area contributed by atoms with Crippen LogP contribution in [0.1, 0.15) is 32.0 Å². The monoisotopic (exact) mass is 492 g/mol. The standard InChI is InChI=1S/C24H23Cl2FN2O4/c1-5-19-21(26)22(29-13-28-19)17-9-8-16(11-18(17)27)32-12-14-6-7-15(25)10-20(14)33-24(2,3)23(30)31-4/h6-11,13H,5,12H2,1-4H3. The maximum Gasteiger partial charge on any atom is 0.349 e. The van der Waals surface area contributed by atoms with E-state index in [1.807, 2.05) is 6.92 Å². The first-order valence-electron chi connectivity index (χ1n) is 10.1. The Bertz CT molecular complexity index is 1170. The van der Waals surface area contributed by atoms with Gasteiger partial charge in [-0.1, -0.05) is 36.2 Å². The molecule has 174 valence electrons. The molecule has 1 aromatic heterocycles. The molecular formula is C24H23Cl2FN2O4. The molecule has 0 aliphatic carbocycles. The summed E-state index contributed by atoms with van der Waals surface area (Å²) < 4.78 is 31.3. The van der Waals surface area contributed by atoms with Crippen molar-refractivity contribution >= 4 is 29.2 Å². The molecule has 0 bridgehead atoms. The third-order valence-corrected chi connectivity index (χ3v) is 5.49. The number of carbonyl (C=O) groups excluding carboxylic acids is 1. The zero-order valence-corrected chi connectivity index (χ0v) is 20.1. The number of benzene rings is 2. The van der Waals surface area contributed by atoms with Gasteiger partial charge in [0.1, 0.15) is 30.3 Å². The minimum Gasteiger partial charge on any atom is -0.489 e. The minimum atomic E-state index is -1.24. The van der Waals surface area contributed by atoms with Gasteiger partial charge in [-0.25, -0.2) is 19.2 Å². The molecule has 2 aromatic carbocycles. The molecule has 9 heteroatoms. The molecule has 0 saturated carbocycles. The van der Waals surface area contributed by atoms with Crippen LogP contribution in [-0.2, 0) is 22.6 Å². The average molecular weight is 493 g/mol. The van der Waals surface area contributed by atoms with Crippen molar-refractivity contribution in [2.24, 2.45) is 0 Å². The van der Waals surface area contributed by atoms with Gasteiger partial charge in [-0.15, -0.1) is 0 Å². The molecule has 0 amide bonds. The number of aryl methyl sites for hydroxylation is 1. The lowest BCUT2D eigenvalue weighted by atomic mass is 10.1. The third-order valence-electron chi connectivity index (χ3n) is 4.86. The summed E-state index contributed by atoms with van der Waals surface area (Å²) in [5.41, 5.74) is 0.598. The number of nitrogens with zero attached hydrogens (tertiary/aromatic N) is 2. The lowest BCUT2D eigenvalue weighted by molar-refractivity contribution is -0.156. The van der Waals surface area contributed by atoms with Gasteiger partial charge < -0.3 is 14.2 Å². The lowest BCUT2D eigenvalue weighted by Gasteiger charge is -2.25. The van der Waals surface area contributed by atoms with Crippen LogP contribution in [0, 0.1) is 5.82 Å². The highest BCUT2D eigenvalue weighted by molar-refractivity contribution is 6.33. The van der Waals surface area contributed by atoms with Crippen molar-refractivity contribution in [3.63, 3.8) is 0 Å². The maximum atomic E-state index is 14.9. The van der Waals surface area contributed by atoms with E-state index >= 15 is 0 Å². The Morgan fingerprint density at radius 2 is 1.88 bits per heavy atom. The molecular weight excluding hydrogens is 470 g/mol. The van der Waals surface area contributed by atoms with Gasteiger partial charge >= 0.3 is 5.97 Å². The molecule has 3 aromatic rings. The van der Waals surface area contributed by atoms with Gasteiger partial charge in [-0.2, -0.15) is 0 Å². The first-order chi connectivity index (χ1) is 15.7. The second kappa shape index (κ2) is 10.4. The Morgan fingerprint density at radius 1 is 1.12 bits per heavy atom. The number of methoxy groups -OCH3 is 1. The molecule has 0 radical (unpaired) electrons. The van der Waals surface area contributed by atoms with E-state index in [1.165, 1.54) is 19.5 Å². The van der Waals surface area contributed by atoms with Crippen molar-refractivity contribution in [2.45, 2.75) is 39.4 Å². The van der Waals surface area contributed by atoms with Gasteiger partial charge in [0.2, 0.25) is 0 Å².